The molecule has 0 saturated heterocycles. The summed E-state index contributed by atoms with van der Waals surface area (Å²) in [5, 5.41) is 5.63. The molecule has 0 radical (unpaired) electrons. The molecule has 0 aromatic heterocycles. The molecule has 20 heavy (non-hydrogen) atoms. The molecule has 2 N–H and O–H groups in total. The number of alkyl halides is 3. The number of rotatable bonds is 5. The molecule has 0 bridgehead atoms. The highest BCUT2D eigenvalue weighted by molar-refractivity contribution is 14.0. The van der Waals surface area contributed by atoms with E-state index in [2.05, 4.69) is 15.6 Å². The van der Waals surface area contributed by atoms with Gasteiger partial charge in [0.1, 0.15) is 0 Å². The minimum atomic E-state index is -4.14. The van der Waals surface area contributed by atoms with Gasteiger partial charge in [-0.15, -0.1) is 24.0 Å². The van der Waals surface area contributed by atoms with Gasteiger partial charge in [0.2, 0.25) is 0 Å². The van der Waals surface area contributed by atoms with Crippen molar-refractivity contribution < 1.29 is 17.9 Å². The summed E-state index contributed by atoms with van der Waals surface area (Å²) in [5.41, 5.74) is 1.31. The lowest BCUT2D eigenvalue weighted by molar-refractivity contribution is -0.132. The van der Waals surface area contributed by atoms with Gasteiger partial charge in [-0.3, -0.25) is 4.99 Å². The zero-order chi connectivity index (χ0) is 14.1. The zero-order valence-electron chi connectivity index (χ0n) is 11.4. The van der Waals surface area contributed by atoms with Crippen molar-refractivity contribution in [3.8, 4) is 0 Å². The molecule has 0 atom stereocenters. The van der Waals surface area contributed by atoms with Crippen molar-refractivity contribution >= 4 is 29.9 Å². The van der Waals surface area contributed by atoms with E-state index in [4.69, 9.17) is 4.74 Å². The van der Waals surface area contributed by atoms with E-state index in [0.29, 0.717) is 19.1 Å². The maximum atomic E-state index is 12.0. The first-order valence-corrected chi connectivity index (χ1v) is 6.28. The second-order valence-electron chi connectivity index (χ2n) is 4.23. The van der Waals surface area contributed by atoms with E-state index in [0.717, 1.165) is 19.4 Å². The molecule has 0 unspecified atom stereocenters. The molecule has 1 rings (SSSR count). The smallest absolute Gasteiger partial charge is 0.377 e. The normalized spacial score (nSPS) is 16.2. The van der Waals surface area contributed by atoms with Gasteiger partial charge in [-0.2, -0.15) is 13.2 Å². The predicted octanol–water partition coefficient (Wildman–Crippen LogP) is 2.46. The third-order valence-corrected chi connectivity index (χ3v) is 2.72. The van der Waals surface area contributed by atoms with Crippen molar-refractivity contribution in [1.29, 1.82) is 0 Å². The van der Waals surface area contributed by atoms with Gasteiger partial charge in [0.25, 0.3) is 0 Å². The lowest BCUT2D eigenvalue weighted by atomic mass is 10.1. The molecule has 1 aliphatic rings. The summed E-state index contributed by atoms with van der Waals surface area (Å²) in [5.74, 6) is 0.400. The molecule has 1 aliphatic heterocycles. The highest BCUT2D eigenvalue weighted by Gasteiger charge is 2.26. The van der Waals surface area contributed by atoms with Gasteiger partial charge in [0, 0.05) is 20.1 Å². The molecule has 1 heterocycles. The Morgan fingerprint density at radius 1 is 1.35 bits per heavy atom. The molecule has 4 nitrogen and oxygen atoms in total. The molecule has 0 fully saturated rings. The fraction of sp³-hybridized carbons (Fsp3) is 0.750. The molecular formula is C12H21F3IN3O. The topological polar surface area (TPSA) is 45.7 Å². The second-order valence-corrected chi connectivity index (χ2v) is 4.23. The molecule has 0 spiro atoms. The molecule has 0 aliphatic carbocycles. The number of ether oxygens (including phenoxy) is 1. The molecule has 8 heteroatoms. The third-order valence-electron chi connectivity index (χ3n) is 2.72. The minimum absolute atomic E-state index is 0. The van der Waals surface area contributed by atoms with Crippen LogP contribution in [0.25, 0.3) is 0 Å². The average Bonchev–Trinajstić information content (AvgIpc) is 2.37. The molecule has 0 amide bonds. The first-order valence-electron chi connectivity index (χ1n) is 6.28. The zero-order valence-corrected chi connectivity index (χ0v) is 13.8. The van der Waals surface area contributed by atoms with Gasteiger partial charge >= 0.3 is 6.18 Å². The Morgan fingerprint density at radius 3 is 2.60 bits per heavy atom. The van der Waals surface area contributed by atoms with Crippen LogP contribution in [0.15, 0.2) is 16.6 Å². The third kappa shape index (κ3) is 9.40. The SMILES string of the molecule is CN=C(NCCC1=CCOCC1)NCCC(F)(F)F.I. The number of aliphatic imine (C=N–C) groups is 1. The number of nitrogens with one attached hydrogen (secondary N) is 2. The van der Waals surface area contributed by atoms with Crippen LogP contribution >= 0.6 is 24.0 Å². The van der Waals surface area contributed by atoms with Gasteiger partial charge < -0.3 is 15.4 Å². The van der Waals surface area contributed by atoms with Crippen LogP contribution < -0.4 is 10.6 Å². The largest absolute Gasteiger partial charge is 0.390 e. The summed E-state index contributed by atoms with van der Waals surface area (Å²) in [4.78, 5) is 3.87. The molecule has 0 saturated carbocycles. The molecular weight excluding hydrogens is 386 g/mol. The lowest BCUT2D eigenvalue weighted by Gasteiger charge is -2.15. The van der Waals surface area contributed by atoms with Crippen LogP contribution in [0.3, 0.4) is 0 Å². The maximum absolute atomic E-state index is 12.0. The number of nitrogens with zero attached hydrogens (tertiary/aromatic N) is 1. The Bertz CT molecular complexity index is 332. The van der Waals surface area contributed by atoms with Crippen LogP contribution in [-0.4, -0.2) is 45.5 Å². The summed E-state index contributed by atoms with van der Waals surface area (Å²) in [7, 11) is 1.54. The van der Waals surface area contributed by atoms with E-state index in [1.165, 1.54) is 12.6 Å². The van der Waals surface area contributed by atoms with Gasteiger partial charge in [0.15, 0.2) is 5.96 Å². The van der Waals surface area contributed by atoms with E-state index in [-0.39, 0.29) is 30.5 Å². The van der Waals surface area contributed by atoms with Crippen molar-refractivity contribution in [3.05, 3.63) is 11.6 Å². The standard InChI is InChI=1S/C12H20F3N3O.HI/c1-16-11(18-7-5-12(13,14)15)17-6-2-10-3-8-19-9-4-10;/h3H,2,4-9H2,1H3,(H2,16,17,18);1H. The molecule has 118 valence electrons. The quantitative estimate of drug-likeness (QED) is 0.319. The van der Waals surface area contributed by atoms with E-state index >= 15 is 0 Å². The summed E-state index contributed by atoms with van der Waals surface area (Å²) in [6, 6.07) is 0. The summed E-state index contributed by atoms with van der Waals surface area (Å²) in [6.07, 6.45) is -1.19. The van der Waals surface area contributed by atoms with Gasteiger partial charge in [-0.1, -0.05) is 11.6 Å². The van der Waals surface area contributed by atoms with E-state index in [1.807, 2.05) is 6.08 Å². The number of guanidine groups is 1. The Labute approximate surface area is 134 Å². The van der Waals surface area contributed by atoms with Crippen LogP contribution in [-0.2, 0) is 4.74 Å². The van der Waals surface area contributed by atoms with Crippen molar-refractivity contribution in [1.82, 2.24) is 10.6 Å². The molecule has 0 aromatic carbocycles. The second kappa shape index (κ2) is 10.3. The highest BCUT2D eigenvalue weighted by atomic mass is 127. The van der Waals surface area contributed by atoms with Crippen molar-refractivity contribution in [2.24, 2.45) is 4.99 Å². The number of hydrogen-bond acceptors (Lipinski definition) is 2. The first kappa shape index (κ1) is 19.5. The van der Waals surface area contributed by atoms with Gasteiger partial charge in [-0.05, 0) is 12.8 Å². The van der Waals surface area contributed by atoms with Crippen molar-refractivity contribution in [2.45, 2.75) is 25.4 Å². The minimum Gasteiger partial charge on any atom is -0.377 e. The Balaban J connectivity index is 0.00000361. The van der Waals surface area contributed by atoms with Crippen LogP contribution in [0.2, 0.25) is 0 Å². The van der Waals surface area contributed by atoms with Crippen LogP contribution in [0, 0.1) is 0 Å². The lowest BCUT2D eigenvalue weighted by Crippen LogP contribution is -2.39. The summed E-state index contributed by atoms with van der Waals surface area (Å²) in [6.45, 7) is 1.87. The number of halogens is 4. The highest BCUT2D eigenvalue weighted by Crippen LogP contribution is 2.18. The van der Waals surface area contributed by atoms with E-state index < -0.39 is 12.6 Å². The van der Waals surface area contributed by atoms with Crippen LogP contribution in [0.1, 0.15) is 19.3 Å². The molecule has 0 aromatic rings. The predicted molar refractivity (Wildman–Crippen MR) is 83.6 cm³/mol. The van der Waals surface area contributed by atoms with Crippen LogP contribution in [0.5, 0.6) is 0 Å². The maximum Gasteiger partial charge on any atom is 0.390 e. The summed E-state index contributed by atoms with van der Waals surface area (Å²) >= 11 is 0. The van der Waals surface area contributed by atoms with Gasteiger partial charge in [0.05, 0.1) is 19.6 Å². The van der Waals surface area contributed by atoms with Gasteiger partial charge in [-0.25, -0.2) is 0 Å². The van der Waals surface area contributed by atoms with E-state index in [9.17, 15) is 13.2 Å². The van der Waals surface area contributed by atoms with Crippen molar-refractivity contribution in [3.63, 3.8) is 0 Å². The number of hydrogen-bond donors (Lipinski definition) is 2. The Morgan fingerprint density at radius 2 is 2.05 bits per heavy atom. The Hall–Kier alpha value is -0.510. The fourth-order valence-corrected chi connectivity index (χ4v) is 1.68. The average molecular weight is 407 g/mol. The Kier molecular flexibility index (Phi) is 9.99. The van der Waals surface area contributed by atoms with E-state index in [1.54, 1.807) is 0 Å². The van der Waals surface area contributed by atoms with Crippen molar-refractivity contribution in [2.75, 3.05) is 33.4 Å². The fourth-order valence-electron chi connectivity index (χ4n) is 1.68. The monoisotopic (exact) mass is 407 g/mol. The first-order chi connectivity index (χ1) is 9.01. The van der Waals surface area contributed by atoms with Crippen LogP contribution in [0.4, 0.5) is 13.2 Å². The summed E-state index contributed by atoms with van der Waals surface area (Å²) < 4.78 is 41.1.